The minimum Gasteiger partial charge on any atom is -0.385 e. The molecular weight excluding hydrogens is 368 g/mol. The first-order valence-electron chi connectivity index (χ1n) is 10.8. The van der Waals surface area contributed by atoms with Crippen molar-refractivity contribution in [3.63, 3.8) is 0 Å². The van der Waals surface area contributed by atoms with E-state index in [4.69, 9.17) is 0 Å². The van der Waals surface area contributed by atoms with Crippen molar-refractivity contribution in [3.8, 4) is 5.69 Å². The monoisotopic (exact) mass is 398 g/mol. The van der Waals surface area contributed by atoms with Crippen LogP contribution in [-0.4, -0.2) is 14.9 Å². The molecule has 0 spiro atoms. The first-order chi connectivity index (χ1) is 14.5. The highest BCUT2D eigenvalue weighted by atomic mass is 16.3. The zero-order chi connectivity index (χ0) is 21.0. The topological polar surface area (TPSA) is 38.1 Å². The molecule has 1 aliphatic rings. The number of aryl methyl sites for hydroxylation is 1. The van der Waals surface area contributed by atoms with Crippen molar-refractivity contribution < 1.29 is 5.11 Å². The third kappa shape index (κ3) is 4.63. The van der Waals surface area contributed by atoms with E-state index in [-0.39, 0.29) is 0 Å². The van der Waals surface area contributed by atoms with Gasteiger partial charge >= 0.3 is 0 Å². The van der Waals surface area contributed by atoms with Crippen molar-refractivity contribution in [2.45, 2.75) is 51.6 Å². The molecular formula is C27H30N2O. The van der Waals surface area contributed by atoms with Crippen molar-refractivity contribution in [2.24, 2.45) is 0 Å². The maximum Gasteiger partial charge on any atom is 0.0908 e. The van der Waals surface area contributed by atoms with E-state index in [9.17, 15) is 5.11 Å². The third-order valence-corrected chi connectivity index (χ3v) is 5.82. The molecule has 1 N–H and O–H groups in total. The summed E-state index contributed by atoms with van der Waals surface area (Å²) in [6.07, 6.45) is 8.43. The van der Waals surface area contributed by atoms with Crippen LogP contribution in [0.15, 0.2) is 79.0 Å². The molecule has 3 heteroatoms. The van der Waals surface area contributed by atoms with Gasteiger partial charge in [-0.05, 0) is 49.2 Å². The quantitative estimate of drug-likeness (QED) is 0.435. The Balaban J connectivity index is 0.000000489. The molecule has 1 heterocycles. The molecule has 1 fully saturated rings. The van der Waals surface area contributed by atoms with Crippen LogP contribution in [0.1, 0.15) is 49.3 Å². The van der Waals surface area contributed by atoms with Gasteiger partial charge in [0.15, 0.2) is 0 Å². The van der Waals surface area contributed by atoms with Crippen LogP contribution < -0.4 is 0 Å². The van der Waals surface area contributed by atoms with Gasteiger partial charge in [0.25, 0.3) is 0 Å². The van der Waals surface area contributed by atoms with Crippen LogP contribution in [0.4, 0.5) is 0 Å². The van der Waals surface area contributed by atoms with Crippen LogP contribution >= 0.6 is 0 Å². The van der Waals surface area contributed by atoms with Crippen LogP contribution in [0, 0.1) is 6.92 Å². The van der Waals surface area contributed by atoms with Gasteiger partial charge in [-0.1, -0.05) is 79.8 Å². The number of hydrogen-bond donors (Lipinski definition) is 1. The first-order valence-corrected chi connectivity index (χ1v) is 10.8. The van der Waals surface area contributed by atoms with Gasteiger partial charge in [-0.2, -0.15) is 5.10 Å². The second-order valence-electron chi connectivity index (χ2n) is 8.52. The Morgan fingerprint density at radius 2 is 1.63 bits per heavy atom. The molecule has 5 rings (SSSR count). The van der Waals surface area contributed by atoms with E-state index in [0.717, 1.165) is 27.7 Å². The first kappa shape index (κ1) is 20.4. The summed E-state index contributed by atoms with van der Waals surface area (Å²) in [5.74, 6) is 0. The minimum absolute atomic E-state index is 0.576. The summed E-state index contributed by atoms with van der Waals surface area (Å²) in [6.45, 7) is 3.94. The largest absolute Gasteiger partial charge is 0.385 e. The van der Waals surface area contributed by atoms with Gasteiger partial charge in [0.05, 0.1) is 23.0 Å². The summed E-state index contributed by atoms with van der Waals surface area (Å²) in [5, 5.41) is 16.6. The Labute approximate surface area is 179 Å². The second-order valence-corrected chi connectivity index (χ2v) is 8.52. The van der Waals surface area contributed by atoms with Crippen LogP contribution in [-0.2, 0) is 12.0 Å². The predicted molar refractivity (Wildman–Crippen MR) is 124 cm³/mol. The number of rotatable bonds is 4. The number of benzene rings is 3. The van der Waals surface area contributed by atoms with Gasteiger partial charge in [0.1, 0.15) is 0 Å². The standard InChI is InChI=1S/C23H22N2O.C4H8/c1-17-7-6-8-18(13-17)15-23(2,26)20-11-12-22-19(14-20)16-24-25(22)21-9-4-3-5-10-21;1-2-4-3-1/h3-14,16,26H,15H2,1-2H3;1-4H2. The molecule has 30 heavy (non-hydrogen) atoms. The maximum atomic E-state index is 11.1. The molecule has 0 amide bonds. The molecule has 3 nitrogen and oxygen atoms in total. The summed E-state index contributed by atoms with van der Waals surface area (Å²) in [6, 6.07) is 24.4. The zero-order valence-electron chi connectivity index (χ0n) is 17.9. The molecule has 154 valence electrons. The van der Waals surface area contributed by atoms with E-state index in [1.807, 2.05) is 72.4 Å². The maximum absolute atomic E-state index is 11.1. The fourth-order valence-electron chi connectivity index (χ4n) is 3.71. The lowest BCUT2D eigenvalue weighted by Crippen LogP contribution is -2.24. The number of nitrogens with zero attached hydrogens (tertiary/aromatic N) is 2. The number of para-hydroxylation sites is 1. The summed E-state index contributed by atoms with van der Waals surface area (Å²) >= 11 is 0. The predicted octanol–water partition coefficient (Wildman–Crippen LogP) is 6.34. The summed E-state index contributed by atoms with van der Waals surface area (Å²) in [5.41, 5.74) is 4.37. The molecule has 1 unspecified atom stereocenters. The van der Waals surface area contributed by atoms with Crippen molar-refractivity contribution in [3.05, 3.63) is 95.7 Å². The Kier molecular flexibility index (Phi) is 6.01. The molecule has 0 bridgehead atoms. The van der Waals surface area contributed by atoms with Gasteiger partial charge < -0.3 is 5.11 Å². The number of aliphatic hydroxyl groups is 1. The van der Waals surface area contributed by atoms with Crippen LogP contribution in [0.25, 0.3) is 16.6 Å². The molecule has 0 saturated heterocycles. The van der Waals surface area contributed by atoms with E-state index >= 15 is 0 Å². The smallest absolute Gasteiger partial charge is 0.0908 e. The molecule has 1 saturated carbocycles. The van der Waals surface area contributed by atoms with E-state index in [1.54, 1.807) is 0 Å². The fraction of sp³-hybridized carbons (Fsp3) is 0.296. The molecule has 1 aliphatic carbocycles. The van der Waals surface area contributed by atoms with Crippen LogP contribution in [0.3, 0.4) is 0 Å². The van der Waals surface area contributed by atoms with Gasteiger partial charge in [-0.15, -0.1) is 0 Å². The number of fused-ring (bicyclic) bond motifs is 1. The normalized spacial score (nSPS) is 15.0. The average Bonchev–Trinajstić information content (AvgIpc) is 3.10. The molecule has 0 radical (unpaired) electrons. The Bertz CT molecular complexity index is 1100. The van der Waals surface area contributed by atoms with Crippen molar-refractivity contribution in [1.29, 1.82) is 0 Å². The van der Waals surface area contributed by atoms with Crippen molar-refractivity contribution >= 4 is 10.9 Å². The second kappa shape index (κ2) is 8.85. The average molecular weight is 399 g/mol. The fourth-order valence-corrected chi connectivity index (χ4v) is 3.71. The van der Waals surface area contributed by atoms with Gasteiger partial charge in [-0.3, -0.25) is 0 Å². The van der Waals surface area contributed by atoms with E-state index in [1.165, 1.54) is 31.2 Å². The zero-order valence-corrected chi connectivity index (χ0v) is 17.9. The summed E-state index contributed by atoms with van der Waals surface area (Å²) < 4.78 is 1.92. The molecule has 1 atom stereocenters. The van der Waals surface area contributed by atoms with E-state index in [0.29, 0.717) is 6.42 Å². The SMILES string of the molecule is C1CCC1.Cc1cccc(CC(C)(O)c2ccc3c(cnn3-c3ccccc3)c2)c1. The minimum atomic E-state index is -0.934. The number of hydrogen-bond acceptors (Lipinski definition) is 2. The van der Waals surface area contributed by atoms with Gasteiger partial charge in [-0.25, -0.2) is 4.68 Å². The van der Waals surface area contributed by atoms with Crippen LogP contribution in [0.5, 0.6) is 0 Å². The molecule has 1 aromatic heterocycles. The van der Waals surface area contributed by atoms with Crippen LogP contribution in [0.2, 0.25) is 0 Å². The highest BCUT2D eigenvalue weighted by Crippen LogP contribution is 2.29. The third-order valence-electron chi connectivity index (χ3n) is 5.82. The lowest BCUT2D eigenvalue weighted by molar-refractivity contribution is 0.0577. The highest BCUT2D eigenvalue weighted by Gasteiger charge is 2.24. The summed E-state index contributed by atoms with van der Waals surface area (Å²) in [7, 11) is 0. The Hall–Kier alpha value is -2.91. The van der Waals surface area contributed by atoms with Gasteiger partial charge in [0.2, 0.25) is 0 Å². The lowest BCUT2D eigenvalue weighted by atomic mass is 9.88. The summed E-state index contributed by atoms with van der Waals surface area (Å²) in [4.78, 5) is 0. The molecule has 4 aromatic rings. The van der Waals surface area contributed by atoms with E-state index in [2.05, 4.69) is 30.2 Å². The highest BCUT2D eigenvalue weighted by molar-refractivity contribution is 5.81. The van der Waals surface area contributed by atoms with Gasteiger partial charge in [0, 0.05) is 11.8 Å². The number of aromatic nitrogens is 2. The Morgan fingerprint density at radius 3 is 2.30 bits per heavy atom. The lowest BCUT2D eigenvalue weighted by Gasteiger charge is -2.24. The Morgan fingerprint density at radius 1 is 0.900 bits per heavy atom. The molecule has 3 aromatic carbocycles. The van der Waals surface area contributed by atoms with Crippen molar-refractivity contribution in [2.75, 3.05) is 0 Å². The van der Waals surface area contributed by atoms with E-state index < -0.39 is 5.60 Å². The molecule has 0 aliphatic heterocycles. The van der Waals surface area contributed by atoms with Crippen molar-refractivity contribution in [1.82, 2.24) is 9.78 Å².